The lowest BCUT2D eigenvalue weighted by atomic mass is 9.90. The molecule has 0 spiro atoms. The summed E-state index contributed by atoms with van der Waals surface area (Å²) in [5, 5.41) is 13.9. The summed E-state index contributed by atoms with van der Waals surface area (Å²) in [5.41, 5.74) is -1.84. The van der Waals surface area contributed by atoms with Crippen LogP contribution in [-0.2, 0) is 12.1 Å². The van der Waals surface area contributed by atoms with Gasteiger partial charge < -0.3 is 5.11 Å². The molecule has 1 N–H and O–H groups in total. The number of thiol groups is 1. The molecule has 2 rings (SSSR count). The van der Waals surface area contributed by atoms with Gasteiger partial charge in [-0.3, -0.25) is 0 Å². The smallest absolute Gasteiger partial charge is 0.137 e. The van der Waals surface area contributed by atoms with Crippen LogP contribution in [0.4, 0.5) is 8.78 Å². The van der Waals surface area contributed by atoms with E-state index in [4.69, 9.17) is 0 Å². The number of hydrogen-bond donors (Lipinski definition) is 2. The van der Waals surface area contributed by atoms with Crippen molar-refractivity contribution in [3.8, 4) is 0 Å². The number of halogens is 2. The van der Waals surface area contributed by atoms with E-state index in [1.807, 2.05) is 0 Å². The molecule has 4 nitrogen and oxygen atoms in total. The van der Waals surface area contributed by atoms with E-state index in [0.717, 1.165) is 18.2 Å². The van der Waals surface area contributed by atoms with Gasteiger partial charge in [0.1, 0.15) is 29.9 Å². The maximum atomic E-state index is 13.8. The maximum Gasteiger partial charge on any atom is 0.137 e. The Kier molecular flexibility index (Phi) is 3.86. The SMILES string of the molecule is C[C@@H](S)[C@](O)(Cn1cncn1)c1cc(F)ccc1F. The lowest BCUT2D eigenvalue weighted by molar-refractivity contribution is 0.0136. The average molecular weight is 285 g/mol. The molecule has 0 saturated carbocycles. The molecule has 2 aromatic rings. The predicted molar refractivity (Wildman–Crippen MR) is 68.7 cm³/mol. The van der Waals surface area contributed by atoms with E-state index in [2.05, 4.69) is 22.7 Å². The van der Waals surface area contributed by atoms with Crippen molar-refractivity contribution >= 4 is 12.6 Å². The number of benzene rings is 1. The fourth-order valence-corrected chi connectivity index (χ4v) is 2.05. The molecule has 0 unspecified atom stereocenters. The molecule has 7 heteroatoms. The summed E-state index contributed by atoms with van der Waals surface area (Å²) >= 11 is 4.18. The van der Waals surface area contributed by atoms with Crippen LogP contribution < -0.4 is 0 Å². The van der Waals surface area contributed by atoms with Crippen molar-refractivity contribution in [2.75, 3.05) is 0 Å². The first kappa shape index (κ1) is 14.0. The average Bonchev–Trinajstić information content (AvgIpc) is 2.84. The van der Waals surface area contributed by atoms with E-state index in [-0.39, 0.29) is 12.1 Å². The third-order valence-electron chi connectivity index (χ3n) is 2.96. The van der Waals surface area contributed by atoms with Gasteiger partial charge in [-0.25, -0.2) is 18.4 Å². The van der Waals surface area contributed by atoms with E-state index in [0.29, 0.717) is 0 Å². The molecule has 19 heavy (non-hydrogen) atoms. The van der Waals surface area contributed by atoms with E-state index >= 15 is 0 Å². The van der Waals surface area contributed by atoms with Crippen LogP contribution in [0, 0.1) is 11.6 Å². The molecule has 1 aromatic carbocycles. The zero-order valence-electron chi connectivity index (χ0n) is 10.2. The number of hydrogen-bond acceptors (Lipinski definition) is 4. The van der Waals surface area contributed by atoms with Gasteiger partial charge in [0.25, 0.3) is 0 Å². The van der Waals surface area contributed by atoms with E-state index < -0.39 is 22.5 Å². The van der Waals surface area contributed by atoms with Crippen molar-refractivity contribution in [3.63, 3.8) is 0 Å². The Morgan fingerprint density at radius 2 is 2.21 bits per heavy atom. The molecular weight excluding hydrogens is 272 g/mol. The molecule has 2 atom stereocenters. The second kappa shape index (κ2) is 5.26. The maximum absolute atomic E-state index is 13.8. The van der Waals surface area contributed by atoms with Gasteiger partial charge in [-0.1, -0.05) is 6.92 Å². The van der Waals surface area contributed by atoms with Crippen molar-refractivity contribution in [3.05, 3.63) is 48.1 Å². The quantitative estimate of drug-likeness (QED) is 0.842. The molecular formula is C12H13F2N3OS. The van der Waals surface area contributed by atoms with Gasteiger partial charge in [-0.15, -0.1) is 0 Å². The van der Waals surface area contributed by atoms with Crippen LogP contribution in [0.3, 0.4) is 0 Å². The molecule has 102 valence electrons. The molecule has 0 aliphatic carbocycles. The Morgan fingerprint density at radius 3 is 2.79 bits per heavy atom. The number of aliphatic hydroxyl groups is 1. The Morgan fingerprint density at radius 1 is 1.47 bits per heavy atom. The van der Waals surface area contributed by atoms with Gasteiger partial charge >= 0.3 is 0 Å². The zero-order valence-corrected chi connectivity index (χ0v) is 11.1. The molecule has 0 amide bonds. The highest BCUT2D eigenvalue weighted by Crippen LogP contribution is 2.32. The van der Waals surface area contributed by atoms with Gasteiger partial charge in [0.05, 0.1) is 6.54 Å². The third kappa shape index (κ3) is 2.76. The molecule has 0 aliphatic rings. The minimum Gasteiger partial charge on any atom is -0.382 e. The van der Waals surface area contributed by atoms with Crippen LogP contribution in [-0.4, -0.2) is 25.1 Å². The lowest BCUT2D eigenvalue weighted by Crippen LogP contribution is -2.40. The van der Waals surface area contributed by atoms with Crippen molar-refractivity contribution in [1.29, 1.82) is 0 Å². The summed E-state index contributed by atoms with van der Waals surface area (Å²) in [5.74, 6) is -1.31. The number of nitrogens with zero attached hydrogens (tertiary/aromatic N) is 3. The summed E-state index contributed by atoms with van der Waals surface area (Å²) in [4.78, 5) is 3.75. The van der Waals surface area contributed by atoms with Crippen molar-refractivity contribution in [1.82, 2.24) is 14.8 Å². The van der Waals surface area contributed by atoms with Crippen LogP contribution in [0.15, 0.2) is 30.9 Å². The third-order valence-corrected chi connectivity index (χ3v) is 3.38. The molecule has 1 heterocycles. The van der Waals surface area contributed by atoms with Crippen molar-refractivity contribution < 1.29 is 13.9 Å². The largest absolute Gasteiger partial charge is 0.382 e. The van der Waals surface area contributed by atoms with Gasteiger partial charge in [0.15, 0.2) is 0 Å². The fraction of sp³-hybridized carbons (Fsp3) is 0.333. The molecule has 0 fully saturated rings. The van der Waals surface area contributed by atoms with Gasteiger partial charge in [-0.05, 0) is 18.2 Å². The molecule has 0 bridgehead atoms. The van der Waals surface area contributed by atoms with Crippen LogP contribution in [0.5, 0.6) is 0 Å². The van der Waals surface area contributed by atoms with Gasteiger partial charge in [0.2, 0.25) is 0 Å². The van der Waals surface area contributed by atoms with Crippen molar-refractivity contribution in [2.24, 2.45) is 0 Å². The Labute approximate surface area is 114 Å². The monoisotopic (exact) mass is 285 g/mol. The Hall–Kier alpha value is -1.47. The molecule has 0 radical (unpaired) electrons. The first-order valence-electron chi connectivity index (χ1n) is 5.62. The summed E-state index contributed by atoms with van der Waals surface area (Å²) in [7, 11) is 0. The minimum atomic E-state index is -1.69. The fourth-order valence-electron chi connectivity index (χ4n) is 1.83. The molecule has 0 aliphatic heterocycles. The topological polar surface area (TPSA) is 50.9 Å². The van der Waals surface area contributed by atoms with E-state index in [1.54, 1.807) is 6.92 Å². The van der Waals surface area contributed by atoms with Gasteiger partial charge in [-0.2, -0.15) is 17.7 Å². The summed E-state index contributed by atoms with van der Waals surface area (Å²) in [6.45, 7) is 1.53. The predicted octanol–water partition coefficient (Wildman–Crippen LogP) is 1.76. The molecule has 1 aromatic heterocycles. The number of rotatable bonds is 4. The van der Waals surface area contributed by atoms with Crippen LogP contribution in [0.25, 0.3) is 0 Å². The lowest BCUT2D eigenvalue weighted by Gasteiger charge is -2.32. The summed E-state index contributed by atoms with van der Waals surface area (Å²) in [6, 6.07) is 2.95. The number of aromatic nitrogens is 3. The van der Waals surface area contributed by atoms with E-state index in [1.165, 1.54) is 17.3 Å². The zero-order chi connectivity index (χ0) is 14.0. The normalized spacial score (nSPS) is 16.1. The highest BCUT2D eigenvalue weighted by Gasteiger charge is 2.37. The summed E-state index contributed by atoms with van der Waals surface area (Å²) in [6.07, 6.45) is 2.68. The van der Waals surface area contributed by atoms with Crippen molar-refractivity contribution in [2.45, 2.75) is 24.3 Å². The van der Waals surface area contributed by atoms with E-state index in [9.17, 15) is 13.9 Å². The standard InChI is InChI=1S/C12H13F2N3OS/c1-8(19)12(18,5-17-7-15-6-16-17)10-4-9(13)2-3-11(10)14/h2-4,6-8,18-19H,5H2,1H3/t8-,12-/m1/s1. The minimum absolute atomic E-state index is 0.0714. The first-order valence-corrected chi connectivity index (χ1v) is 6.13. The second-order valence-electron chi connectivity index (χ2n) is 4.32. The Bertz CT molecular complexity index is 562. The molecule has 0 saturated heterocycles. The summed E-state index contributed by atoms with van der Waals surface area (Å²) < 4.78 is 28.5. The highest BCUT2D eigenvalue weighted by molar-refractivity contribution is 7.81. The van der Waals surface area contributed by atoms with Gasteiger partial charge in [0, 0.05) is 10.8 Å². The highest BCUT2D eigenvalue weighted by atomic mass is 32.1. The Balaban J connectivity index is 2.46. The second-order valence-corrected chi connectivity index (χ2v) is 5.09. The first-order chi connectivity index (χ1) is 8.93. The van der Waals surface area contributed by atoms with Crippen LogP contribution in [0.2, 0.25) is 0 Å². The van der Waals surface area contributed by atoms with Crippen LogP contribution >= 0.6 is 12.6 Å². The van der Waals surface area contributed by atoms with Crippen LogP contribution in [0.1, 0.15) is 12.5 Å².